The Morgan fingerprint density at radius 1 is 1.00 bits per heavy atom. The van der Waals surface area contributed by atoms with Crippen molar-refractivity contribution in [2.24, 2.45) is 11.3 Å². The number of rotatable bonds is 3. The molecule has 0 saturated carbocycles. The molecule has 6 heteroatoms. The Kier molecular flexibility index (Phi) is 5.25. The molecule has 3 aliphatic rings. The molecule has 0 bridgehead atoms. The molecule has 0 aliphatic carbocycles. The number of nitrogens with one attached hydrogen (secondary N) is 1. The molecular formula is C32H29FN2O3. The molecule has 1 amide bonds. The van der Waals surface area contributed by atoms with E-state index in [4.69, 9.17) is 0 Å². The lowest BCUT2D eigenvalue weighted by Gasteiger charge is -2.38. The molecule has 3 aromatic carbocycles. The molecule has 3 aromatic rings. The first-order valence-electron chi connectivity index (χ1n) is 12.9. The maximum Gasteiger partial charge on any atom is 0.238 e. The SMILES string of the molecule is Cc1ccc2c(c1)C=CC1N2C(C(=O)C(C)(C)C)C(C(=O)c2ccccc2F)C12C(=O)Nc1ccccc12. The molecule has 3 aliphatic heterocycles. The first kappa shape index (κ1) is 24.3. The lowest BCUT2D eigenvalue weighted by atomic mass is 9.63. The quantitative estimate of drug-likeness (QED) is 0.460. The number of fused-ring (bicyclic) bond motifs is 6. The molecule has 1 saturated heterocycles. The molecule has 0 aromatic heterocycles. The number of Topliss-reactive ketones (excluding diaryl/α,β-unsaturated/α-hetero) is 2. The highest BCUT2D eigenvalue weighted by atomic mass is 19.1. The molecule has 1 fully saturated rings. The van der Waals surface area contributed by atoms with Crippen molar-refractivity contribution in [1.29, 1.82) is 0 Å². The molecule has 5 nitrogen and oxygen atoms in total. The van der Waals surface area contributed by atoms with E-state index in [9.17, 15) is 14.4 Å². The molecule has 192 valence electrons. The number of anilines is 2. The monoisotopic (exact) mass is 508 g/mol. The third-order valence-corrected chi connectivity index (χ3v) is 8.22. The second kappa shape index (κ2) is 8.22. The average Bonchev–Trinajstić information content (AvgIpc) is 3.35. The van der Waals surface area contributed by atoms with Gasteiger partial charge in [-0.15, -0.1) is 0 Å². The number of carbonyl (C=O) groups excluding carboxylic acids is 3. The third-order valence-electron chi connectivity index (χ3n) is 8.22. The molecule has 4 atom stereocenters. The Bertz CT molecular complexity index is 1550. The summed E-state index contributed by atoms with van der Waals surface area (Å²) < 4.78 is 15.1. The van der Waals surface area contributed by atoms with E-state index in [1.807, 2.05) is 81.1 Å². The lowest BCUT2D eigenvalue weighted by Crippen LogP contribution is -2.51. The van der Waals surface area contributed by atoms with Crippen molar-refractivity contribution < 1.29 is 18.8 Å². The summed E-state index contributed by atoms with van der Waals surface area (Å²) in [7, 11) is 0. The summed E-state index contributed by atoms with van der Waals surface area (Å²) in [6.45, 7) is 7.45. The fraction of sp³-hybridized carbons (Fsp3) is 0.281. The van der Waals surface area contributed by atoms with Crippen LogP contribution in [-0.4, -0.2) is 29.6 Å². The number of halogens is 1. The van der Waals surface area contributed by atoms with Crippen LogP contribution in [0.25, 0.3) is 6.08 Å². The van der Waals surface area contributed by atoms with E-state index in [0.29, 0.717) is 11.3 Å². The average molecular weight is 509 g/mol. The van der Waals surface area contributed by atoms with Crippen molar-refractivity contribution in [3.8, 4) is 0 Å². The largest absolute Gasteiger partial charge is 0.352 e. The number of hydrogen-bond acceptors (Lipinski definition) is 4. The van der Waals surface area contributed by atoms with Crippen molar-refractivity contribution in [1.82, 2.24) is 0 Å². The molecule has 1 spiro atoms. The Morgan fingerprint density at radius 2 is 1.71 bits per heavy atom. The molecule has 1 N–H and O–H groups in total. The molecule has 6 rings (SSSR count). The Morgan fingerprint density at radius 3 is 2.45 bits per heavy atom. The normalized spacial score (nSPS) is 25.1. The van der Waals surface area contributed by atoms with Gasteiger partial charge in [0.05, 0.1) is 17.5 Å². The summed E-state index contributed by atoms with van der Waals surface area (Å²) in [5, 5.41) is 2.99. The van der Waals surface area contributed by atoms with Crippen LogP contribution in [0.4, 0.5) is 15.8 Å². The first-order valence-corrected chi connectivity index (χ1v) is 12.9. The Hall–Kier alpha value is -4.06. The summed E-state index contributed by atoms with van der Waals surface area (Å²) >= 11 is 0. The number of ketones is 2. The minimum atomic E-state index is -1.43. The van der Waals surface area contributed by atoms with Gasteiger partial charge in [0.25, 0.3) is 0 Å². The smallest absolute Gasteiger partial charge is 0.238 e. The molecule has 4 unspecified atom stereocenters. The molecule has 0 radical (unpaired) electrons. The summed E-state index contributed by atoms with van der Waals surface area (Å²) in [5.74, 6) is -2.90. The fourth-order valence-electron chi connectivity index (χ4n) is 6.57. The third kappa shape index (κ3) is 3.19. The van der Waals surface area contributed by atoms with E-state index in [1.54, 1.807) is 12.1 Å². The van der Waals surface area contributed by atoms with Crippen LogP contribution in [0.3, 0.4) is 0 Å². The lowest BCUT2D eigenvalue weighted by molar-refractivity contribution is -0.128. The number of nitrogens with zero attached hydrogens (tertiary/aromatic N) is 1. The highest BCUT2D eigenvalue weighted by Crippen LogP contribution is 2.58. The number of para-hydroxylation sites is 1. The van der Waals surface area contributed by atoms with E-state index in [-0.39, 0.29) is 17.3 Å². The zero-order chi connectivity index (χ0) is 27.0. The summed E-state index contributed by atoms with van der Waals surface area (Å²) in [6.07, 6.45) is 3.90. The molecular weight excluding hydrogens is 479 g/mol. The number of carbonyl (C=O) groups is 3. The predicted octanol–water partition coefficient (Wildman–Crippen LogP) is 5.72. The second-order valence-corrected chi connectivity index (χ2v) is 11.5. The van der Waals surface area contributed by atoms with E-state index >= 15 is 4.39 Å². The number of hydrogen-bond donors (Lipinski definition) is 1. The maximum absolute atomic E-state index is 15.1. The van der Waals surface area contributed by atoms with Gasteiger partial charge in [-0.05, 0) is 48.4 Å². The molecule has 38 heavy (non-hydrogen) atoms. The van der Waals surface area contributed by atoms with Crippen LogP contribution in [-0.2, 0) is 15.0 Å². The van der Waals surface area contributed by atoms with Gasteiger partial charge < -0.3 is 10.2 Å². The fourth-order valence-corrected chi connectivity index (χ4v) is 6.57. The number of benzene rings is 3. The van der Waals surface area contributed by atoms with Gasteiger partial charge in [0, 0.05) is 16.8 Å². The van der Waals surface area contributed by atoms with Crippen LogP contribution in [0.5, 0.6) is 0 Å². The highest BCUT2D eigenvalue weighted by molar-refractivity contribution is 6.17. The van der Waals surface area contributed by atoms with Crippen LogP contribution in [0, 0.1) is 24.1 Å². The molecule has 3 heterocycles. The van der Waals surface area contributed by atoms with Crippen LogP contribution in [0.2, 0.25) is 0 Å². The van der Waals surface area contributed by atoms with Crippen LogP contribution in [0.1, 0.15) is 47.8 Å². The van der Waals surface area contributed by atoms with Crippen molar-refractivity contribution in [3.63, 3.8) is 0 Å². The summed E-state index contributed by atoms with van der Waals surface area (Å²) in [6, 6.07) is 17.4. The zero-order valence-electron chi connectivity index (χ0n) is 21.8. The van der Waals surface area contributed by atoms with Gasteiger partial charge in [-0.3, -0.25) is 14.4 Å². The number of aryl methyl sites for hydroxylation is 1. The van der Waals surface area contributed by atoms with Gasteiger partial charge in [0.2, 0.25) is 5.91 Å². The first-order chi connectivity index (χ1) is 18.1. The number of amides is 1. The van der Waals surface area contributed by atoms with Gasteiger partial charge in [-0.2, -0.15) is 0 Å². The van der Waals surface area contributed by atoms with Crippen molar-refractivity contribution in [2.45, 2.75) is 45.2 Å². The van der Waals surface area contributed by atoms with Gasteiger partial charge in [-0.25, -0.2) is 4.39 Å². The van der Waals surface area contributed by atoms with Gasteiger partial charge in [0.15, 0.2) is 11.6 Å². The summed E-state index contributed by atoms with van der Waals surface area (Å²) in [5.41, 5.74) is 1.64. The topological polar surface area (TPSA) is 66.5 Å². The van der Waals surface area contributed by atoms with Gasteiger partial charge in [-0.1, -0.05) is 74.9 Å². The highest BCUT2D eigenvalue weighted by Gasteiger charge is 2.70. The van der Waals surface area contributed by atoms with Crippen molar-refractivity contribution in [2.75, 3.05) is 10.2 Å². The minimum Gasteiger partial charge on any atom is -0.352 e. The van der Waals surface area contributed by atoms with E-state index in [2.05, 4.69) is 5.32 Å². The van der Waals surface area contributed by atoms with Gasteiger partial charge >= 0.3 is 0 Å². The van der Waals surface area contributed by atoms with Crippen LogP contribution in [0.15, 0.2) is 72.8 Å². The zero-order valence-corrected chi connectivity index (χ0v) is 21.8. The van der Waals surface area contributed by atoms with Crippen molar-refractivity contribution >= 4 is 34.9 Å². The second-order valence-electron chi connectivity index (χ2n) is 11.5. The van der Waals surface area contributed by atoms with Crippen LogP contribution >= 0.6 is 0 Å². The van der Waals surface area contributed by atoms with E-state index in [0.717, 1.165) is 16.8 Å². The minimum absolute atomic E-state index is 0.117. The van der Waals surface area contributed by atoms with Crippen LogP contribution < -0.4 is 10.2 Å². The van der Waals surface area contributed by atoms with Gasteiger partial charge in [0.1, 0.15) is 17.3 Å². The predicted molar refractivity (Wildman–Crippen MR) is 146 cm³/mol. The maximum atomic E-state index is 15.1. The van der Waals surface area contributed by atoms with E-state index in [1.165, 1.54) is 18.2 Å². The standard InChI is InChI=1S/C32H29FN2O3/c1-18-13-15-24-19(17-18)14-16-25-32(21-10-6-8-12-23(21)34-30(32)38)26(27(35(24)25)29(37)31(2,3)4)28(36)20-9-5-7-11-22(20)33/h5-17,25-27H,1-4H3,(H,34,38). The van der Waals surface area contributed by atoms with Crippen molar-refractivity contribution in [3.05, 3.63) is 101 Å². The summed E-state index contributed by atoms with van der Waals surface area (Å²) in [4.78, 5) is 45.0. The Balaban J connectivity index is 1.70. The van der Waals surface area contributed by atoms with E-state index < -0.39 is 40.4 Å². The Labute approximate surface area is 221 Å².